The van der Waals surface area contributed by atoms with Gasteiger partial charge in [0.15, 0.2) is 0 Å². The minimum Gasteiger partial charge on any atom is -0.496 e. The molecule has 4 heteroatoms. The second-order valence-corrected chi connectivity index (χ2v) is 5.72. The van der Waals surface area contributed by atoms with E-state index in [1.54, 1.807) is 0 Å². The molecule has 0 aromatic heterocycles. The van der Waals surface area contributed by atoms with Crippen molar-refractivity contribution in [2.24, 2.45) is 0 Å². The molecule has 0 spiro atoms. The van der Waals surface area contributed by atoms with E-state index in [4.69, 9.17) is 4.74 Å². The van der Waals surface area contributed by atoms with Crippen molar-refractivity contribution in [3.63, 3.8) is 0 Å². The molecule has 124 valence electrons. The molecule has 0 fully saturated rings. The van der Waals surface area contributed by atoms with Gasteiger partial charge in [-0.2, -0.15) is 0 Å². The van der Waals surface area contributed by atoms with Gasteiger partial charge in [0, 0.05) is 0 Å². The maximum atomic E-state index is 12.1. The van der Waals surface area contributed by atoms with Crippen LogP contribution in [0.4, 0.5) is 0 Å². The minimum atomic E-state index is -0.488. The third-order valence-corrected chi connectivity index (χ3v) is 3.79. The summed E-state index contributed by atoms with van der Waals surface area (Å²) in [4.78, 5) is 22.8. The largest absolute Gasteiger partial charge is 0.496 e. The number of ether oxygens (including phenoxy) is 1. The monoisotopic (exact) mass is 323 g/mol. The Kier molecular flexibility index (Phi) is 5.90. The molecule has 1 N–H and O–H groups in total. The molecule has 0 unspecified atom stereocenters. The Hall–Kier alpha value is -2.88. The van der Waals surface area contributed by atoms with Crippen molar-refractivity contribution in [3.05, 3.63) is 76.5 Å². The highest BCUT2D eigenvalue weighted by molar-refractivity contribution is 6.21. The molecule has 2 aromatic rings. The Morgan fingerprint density at radius 2 is 1.88 bits per heavy atom. The predicted molar refractivity (Wildman–Crippen MR) is 94.1 cm³/mol. The van der Waals surface area contributed by atoms with Crippen molar-refractivity contribution < 1.29 is 14.3 Å². The van der Waals surface area contributed by atoms with E-state index in [1.165, 1.54) is 6.26 Å². The lowest BCUT2D eigenvalue weighted by atomic mass is 10.0. The van der Waals surface area contributed by atoms with E-state index in [0.717, 1.165) is 22.3 Å². The van der Waals surface area contributed by atoms with Gasteiger partial charge < -0.3 is 4.74 Å². The maximum Gasteiger partial charge on any atom is 0.261 e. The molecule has 0 aliphatic rings. The summed E-state index contributed by atoms with van der Waals surface area (Å²) in [6, 6.07) is 13.6. The summed E-state index contributed by atoms with van der Waals surface area (Å²) >= 11 is 0. The lowest BCUT2D eigenvalue weighted by Gasteiger charge is -2.10. The van der Waals surface area contributed by atoms with Crippen LogP contribution in [0.15, 0.2) is 48.7 Å². The van der Waals surface area contributed by atoms with E-state index in [1.807, 2.05) is 63.2 Å². The first-order valence-corrected chi connectivity index (χ1v) is 7.70. The Balaban J connectivity index is 2.23. The van der Waals surface area contributed by atoms with Crippen LogP contribution in [0.25, 0.3) is 5.57 Å². The van der Waals surface area contributed by atoms with Gasteiger partial charge in [-0.3, -0.25) is 14.9 Å². The Bertz CT molecular complexity index is 778. The van der Waals surface area contributed by atoms with Crippen molar-refractivity contribution in [1.29, 1.82) is 0 Å². The quantitative estimate of drug-likeness (QED) is 0.503. The molecule has 24 heavy (non-hydrogen) atoms. The predicted octanol–water partition coefficient (Wildman–Crippen LogP) is 3.44. The van der Waals surface area contributed by atoms with Crippen LogP contribution in [0.1, 0.15) is 27.8 Å². The number of carbonyl (C=O) groups excluding carboxylic acids is 2. The number of nitrogens with one attached hydrogen (secondary N) is 1. The van der Waals surface area contributed by atoms with Gasteiger partial charge in [-0.15, -0.1) is 0 Å². The highest BCUT2D eigenvalue weighted by Crippen LogP contribution is 2.19. The molecule has 4 nitrogen and oxygen atoms in total. The molecule has 2 amide bonds. The van der Waals surface area contributed by atoms with Crippen LogP contribution in [-0.2, 0) is 20.9 Å². The van der Waals surface area contributed by atoms with Crippen molar-refractivity contribution in [2.45, 2.75) is 27.4 Å². The van der Waals surface area contributed by atoms with Crippen LogP contribution >= 0.6 is 0 Å². The first-order valence-electron chi connectivity index (χ1n) is 7.70. The van der Waals surface area contributed by atoms with Crippen LogP contribution in [0.3, 0.4) is 0 Å². The zero-order valence-electron chi connectivity index (χ0n) is 14.1. The normalized spacial score (nSPS) is 11.0. The number of imide groups is 1. The second kappa shape index (κ2) is 8.11. The lowest BCUT2D eigenvalue weighted by Crippen LogP contribution is -2.22. The molecule has 0 saturated carbocycles. The average Bonchev–Trinajstić information content (AvgIpc) is 2.55. The van der Waals surface area contributed by atoms with Gasteiger partial charge in [-0.25, -0.2) is 0 Å². The first kappa shape index (κ1) is 17.5. The smallest absolute Gasteiger partial charge is 0.261 e. The van der Waals surface area contributed by atoms with Crippen LogP contribution in [0.5, 0.6) is 0 Å². The third kappa shape index (κ3) is 4.56. The van der Waals surface area contributed by atoms with Gasteiger partial charge in [-0.1, -0.05) is 48.0 Å². The topological polar surface area (TPSA) is 55.4 Å². The number of amides is 2. The number of aryl methyl sites for hydroxylation is 3. The van der Waals surface area contributed by atoms with Crippen LogP contribution in [0.2, 0.25) is 0 Å². The standard InChI is InChI=1S/C20H21NO3/c1-14-5-4-6-17(9-14)11-24-12-19(20(23)21-13-22)18-8-7-15(2)16(3)10-18/h4-10,12-13H,11H2,1-3H3,(H,21,22,23)/b19-12-. The zero-order valence-corrected chi connectivity index (χ0v) is 14.1. The summed E-state index contributed by atoms with van der Waals surface area (Å²) in [5.74, 6) is -0.488. The van der Waals surface area contributed by atoms with Gasteiger partial charge >= 0.3 is 0 Å². The van der Waals surface area contributed by atoms with E-state index in [2.05, 4.69) is 5.32 Å². The van der Waals surface area contributed by atoms with E-state index in [-0.39, 0.29) is 0 Å². The number of carbonyl (C=O) groups is 2. The summed E-state index contributed by atoms with van der Waals surface area (Å²) in [5, 5.41) is 2.17. The van der Waals surface area contributed by atoms with Gasteiger partial charge in [0.05, 0.1) is 11.8 Å². The number of hydrogen-bond acceptors (Lipinski definition) is 3. The Morgan fingerprint density at radius 3 is 2.54 bits per heavy atom. The summed E-state index contributed by atoms with van der Waals surface area (Å²) < 4.78 is 5.59. The van der Waals surface area contributed by atoms with Crippen LogP contribution < -0.4 is 5.32 Å². The van der Waals surface area contributed by atoms with Crippen molar-refractivity contribution in [3.8, 4) is 0 Å². The van der Waals surface area contributed by atoms with Gasteiger partial charge in [-0.05, 0) is 43.0 Å². The third-order valence-electron chi connectivity index (χ3n) is 3.79. The SMILES string of the molecule is Cc1cccc(CO/C=C(\C(=O)NC=O)c2ccc(C)c(C)c2)c1. The molecule has 0 radical (unpaired) electrons. The van der Waals surface area contributed by atoms with Crippen molar-refractivity contribution in [2.75, 3.05) is 0 Å². The molecule has 0 aliphatic heterocycles. The Labute approximate surface area is 142 Å². The average molecular weight is 323 g/mol. The van der Waals surface area contributed by atoms with Gasteiger partial charge in [0.25, 0.3) is 5.91 Å². The first-order chi connectivity index (χ1) is 11.5. The van der Waals surface area contributed by atoms with Crippen molar-refractivity contribution in [1.82, 2.24) is 5.32 Å². The van der Waals surface area contributed by atoms with Gasteiger partial charge in [0.1, 0.15) is 6.61 Å². The lowest BCUT2D eigenvalue weighted by molar-refractivity contribution is -0.121. The second-order valence-electron chi connectivity index (χ2n) is 5.72. The number of benzene rings is 2. The van der Waals surface area contributed by atoms with E-state index >= 15 is 0 Å². The van der Waals surface area contributed by atoms with E-state index in [9.17, 15) is 9.59 Å². The molecule has 2 aromatic carbocycles. The molecule has 0 atom stereocenters. The van der Waals surface area contributed by atoms with Crippen LogP contribution in [-0.4, -0.2) is 12.3 Å². The fourth-order valence-electron chi connectivity index (χ4n) is 2.32. The summed E-state index contributed by atoms with van der Waals surface area (Å²) in [7, 11) is 0. The molecular formula is C20H21NO3. The maximum absolute atomic E-state index is 12.1. The number of hydrogen-bond donors (Lipinski definition) is 1. The zero-order chi connectivity index (χ0) is 17.5. The van der Waals surface area contributed by atoms with E-state index < -0.39 is 5.91 Å². The summed E-state index contributed by atoms with van der Waals surface area (Å²) in [5.41, 5.74) is 5.39. The van der Waals surface area contributed by atoms with Crippen LogP contribution in [0, 0.1) is 20.8 Å². The highest BCUT2D eigenvalue weighted by atomic mass is 16.5. The molecule has 2 rings (SSSR count). The highest BCUT2D eigenvalue weighted by Gasteiger charge is 2.13. The molecule has 0 saturated heterocycles. The summed E-state index contributed by atoms with van der Waals surface area (Å²) in [6.45, 7) is 6.34. The fourth-order valence-corrected chi connectivity index (χ4v) is 2.32. The fraction of sp³-hybridized carbons (Fsp3) is 0.200. The molecule has 0 heterocycles. The molecular weight excluding hydrogens is 302 g/mol. The minimum absolute atomic E-state index is 0.317. The number of rotatable bonds is 6. The summed E-state index contributed by atoms with van der Waals surface area (Å²) in [6.07, 6.45) is 1.78. The molecule has 0 aliphatic carbocycles. The van der Waals surface area contributed by atoms with Crippen molar-refractivity contribution >= 4 is 17.9 Å². The Morgan fingerprint density at radius 1 is 1.08 bits per heavy atom. The molecule has 0 bridgehead atoms. The van der Waals surface area contributed by atoms with Gasteiger partial charge in [0.2, 0.25) is 6.41 Å². The van der Waals surface area contributed by atoms with E-state index in [0.29, 0.717) is 24.2 Å².